The van der Waals surface area contributed by atoms with E-state index in [0.717, 1.165) is 6.54 Å². The molecule has 0 saturated heterocycles. The number of benzene rings is 1. The molecule has 3 heteroatoms. The number of nitrogens with one attached hydrogen (secondary N) is 1. The SMILES string of the molecule is CC(C)CC(=O)OC(C)CNCc1ccccc1. The summed E-state index contributed by atoms with van der Waals surface area (Å²) in [5.74, 6) is 0.237. The molecule has 0 bridgehead atoms. The summed E-state index contributed by atoms with van der Waals surface area (Å²) in [6.45, 7) is 7.42. The van der Waals surface area contributed by atoms with Crippen molar-refractivity contribution >= 4 is 5.97 Å². The highest BCUT2D eigenvalue weighted by atomic mass is 16.5. The van der Waals surface area contributed by atoms with Crippen molar-refractivity contribution in [2.45, 2.75) is 39.8 Å². The van der Waals surface area contributed by atoms with E-state index < -0.39 is 0 Å². The number of hydrogen-bond acceptors (Lipinski definition) is 3. The number of ether oxygens (including phenoxy) is 1. The molecule has 0 radical (unpaired) electrons. The normalized spacial score (nSPS) is 12.4. The van der Waals surface area contributed by atoms with Gasteiger partial charge in [0.1, 0.15) is 6.10 Å². The molecule has 0 spiro atoms. The van der Waals surface area contributed by atoms with Gasteiger partial charge in [-0.25, -0.2) is 0 Å². The van der Waals surface area contributed by atoms with Gasteiger partial charge in [-0.3, -0.25) is 4.79 Å². The van der Waals surface area contributed by atoms with Crippen LogP contribution in [0.3, 0.4) is 0 Å². The summed E-state index contributed by atoms with van der Waals surface area (Å²) in [4.78, 5) is 11.4. The summed E-state index contributed by atoms with van der Waals surface area (Å²) >= 11 is 0. The predicted octanol–water partition coefficient (Wildman–Crippen LogP) is 2.75. The van der Waals surface area contributed by atoms with Crippen LogP contribution in [0.15, 0.2) is 30.3 Å². The van der Waals surface area contributed by atoms with Crippen LogP contribution in [0.5, 0.6) is 0 Å². The zero-order chi connectivity index (χ0) is 13.4. The fraction of sp³-hybridized carbons (Fsp3) is 0.533. The van der Waals surface area contributed by atoms with Gasteiger partial charge in [-0.05, 0) is 18.4 Å². The minimum atomic E-state index is -0.112. The third-order valence-corrected chi connectivity index (χ3v) is 2.51. The second-order valence-corrected chi connectivity index (χ2v) is 5.01. The van der Waals surface area contributed by atoms with E-state index in [1.165, 1.54) is 5.56 Å². The van der Waals surface area contributed by atoms with Gasteiger partial charge in [0, 0.05) is 19.5 Å². The maximum Gasteiger partial charge on any atom is 0.306 e. The summed E-state index contributed by atoms with van der Waals surface area (Å²) in [6, 6.07) is 10.2. The molecule has 0 amide bonds. The Morgan fingerprint density at radius 1 is 1.22 bits per heavy atom. The van der Waals surface area contributed by atoms with Crippen LogP contribution < -0.4 is 5.32 Å². The monoisotopic (exact) mass is 249 g/mol. The van der Waals surface area contributed by atoms with Crippen LogP contribution >= 0.6 is 0 Å². The lowest BCUT2D eigenvalue weighted by atomic mass is 10.1. The molecular weight excluding hydrogens is 226 g/mol. The van der Waals surface area contributed by atoms with Crippen LogP contribution in [0.25, 0.3) is 0 Å². The fourth-order valence-electron chi connectivity index (χ4n) is 1.66. The molecule has 1 aromatic rings. The molecule has 0 aliphatic carbocycles. The summed E-state index contributed by atoms with van der Waals surface area (Å²) in [5.41, 5.74) is 1.23. The number of carbonyl (C=O) groups excluding carboxylic acids is 1. The van der Waals surface area contributed by atoms with Gasteiger partial charge in [-0.1, -0.05) is 44.2 Å². The van der Waals surface area contributed by atoms with Gasteiger partial charge in [0.2, 0.25) is 0 Å². The van der Waals surface area contributed by atoms with Gasteiger partial charge < -0.3 is 10.1 Å². The summed E-state index contributed by atoms with van der Waals surface area (Å²) < 4.78 is 5.30. The first-order chi connectivity index (χ1) is 8.58. The molecular formula is C15H23NO2. The molecule has 0 aliphatic heterocycles. The van der Waals surface area contributed by atoms with Crippen molar-refractivity contribution in [1.29, 1.82) is 0 Å². The minimum absolute atomic E-state index is 0.0834. The van der Waals surface area contributed by atoms with Gasteiger partial charge in [-0.15, -0.1) is 0 Å². The number of rotatable bonds is 7. The lowest BCUT2D eigenvalue weighted by Crippen LogP contribution is -2.28. The molecule has 100 valence electrons. The maximum absolute atomic E-state index is 11.4. The Hall–Kier alpha value is -1.35. The van der Waals surface area contributed by atoms with E-state index >= 15 is 0 Å². The van der Waals surface area contributed by atoms with E-state index in [9.17, 15) is 4.79 Å². The number of hydrogen-bond donors (Lipinski definition) is 1. The van der Waals surface area contributed by atoms with Crippen molar-refractivity contribution in [3.05, 3.63) is 35.9 Å². The van der Waals surface area contributed by atoms with Crippen LogP contribution in [0.4, 0.5) is 0 Å². The predicted molar refractivity (Wildman–Crippen MR) is 73.2 cm³/mol. The average molecular weight is 249 g/mol. The average Bonchev–Trinajstić information content (AvgIpc) is 2.29. The summed E-state index contributed by atoms with van der Waals surface area (Å²) in [5, 5.41) is 3.28. The van der Waals surface area contributed by atoms with Crippen LogP contribution in [0.1, 0.15) is 32.8 Å². The highest BCUT2D eigenvalue weighted by Crippen LogP contribution is 2.03. The van der Waals surface area contributed by atoms with Crippen LogP contribution in [-0.2, 0) is 16.1 Å². The van der Waals surface area contributed by atoms with Crippen molar-refractivity contribution in [2.24, 2.45) is 5.92 Å². The maximum atomic E-state index is 11.4. The van der Waals surface area contributed by atoms with Gasteiger partial charge in [0.15, 0.2) is 0 Å². The Labute approximate surface area is 110 Å². The van der Waals surface area contributed by atoms with Gasteiger partial charge >= 0.3 is 5.97 Å². The molecule has 0 aliphatic rings. The van der Waals surface area contributed by atoms with E-state index in [2.05, 4.69) is 17.4 Å². The van der Waals surface area contributed by atoms with Crippen LogP contribution in [0, 0.1) is 5.92 Å². The molecule has 0 fully saturated rings. The van der Waals surface area contributed by atoms with E-state index in [0.29, 0.717) is 18.9 Å². The largest absolute Gasteiger partial charge is 0.461 e. The molecule has 0 aromatic heterocycles. The molecule has 18 heavy (non-hydrogen) atoms. The first kappa shape index (κ1) is 14.7. The van der Waals surface area contributed by atoms with Crippen molar-refractivity contribution in [1.82, 2.24) is 5.32 Å². The Bertz CT molecular complexity index is 349. The zero-order valence-electron chi connectivity index (χ0n) is 11.5. The van der Waals surface area contributed by atoms with Gasteiger partial charge in [-0.2, -0.15) is 0 Å². The Balaban J connectivity index is 2.17. The van der Waals surface area contributed by atoms with Gasteiger partial charge in [0.05, 0.1) is 0 Å². The van der Waals surface area contributed by atoms with Crippen molar-refractivity contribution in [3.8, 4) is 0 Å². The minimum Gasteiger partial charge on any atom is -0.461 e. The molecule has 0 heterocycles. The summed E-state index contributed by atoms with van der Waals surface area (Å²) in [6.07, 6.45) is 0.406. The highest BCUT2D eigenvalue weighted by molar-refractivity contribution is 5.69. The zero-order valence-corrected chi connectivity index (χ0v) is 11.5. The number of carbonyl (C=O) groups is 1. The van der Waals surface area contributed by atoms with E-state index in [1.807, 2.05) is 39.0 Å². The molecule has 1 rings (SSSR count). The Morgan fingerprint density at radius 3 is 2.50 bits per heavy atom. The van der Waals surface area contributed by atoms with E-state index in [-0.39, 0.29) is 12.1 Å². The highest BCUT2D eigenvalue weighted by Gasteiger charge is 2.10. The second kappa shape index (κ2) is 7.88. The van der Waals surface area contributed by atoms with E-state index in [4.69, 9.17) is 4.74 Å². The fourth-order valence-corrected chi connectivity index (χ4v) is 1.66. The summed E-state index contributed by atoms with van der Waals surface area (Å²) in [7, 11) is 0. The lowest BCUT2D eigenvalue weighted by molar-refractivity contribution is -0.148. The lowest BCUT2D eigenvalue weighted by Gasteiger charge is -2.15. The number of esters is 1. The van der Waals surface area contributed by atoms with Crippen molar-refractivity contribution in [2.75, 3.05) is 6.54 Å². The molecule has 0 saturated carbocycles. The van der Waals surface area contributed by atoms with Crippen LogP contribution in [0.2, 0.25) is 0 Å². The standard InChI is InChI=1S/C15H23NO2/c1-12(2)9-15(17)18-13(3)10-16-11-14-7-5-4-6-8-14/h4-8,12-13,16H,9-11H2,1-3H3. The molecule has 1 aromatic carbocycles. The Kier molecular flexibility index (Phi) is 6.44. The van der Waals surface area contributed by atoms with Crippen molar-refractivity contribution in [3.63, 3.8) is 0 Å². The third-order valence-electron chi connectivity index (χ3n) is 2.51. The first-order valence-electron chi connectivity index (χ1n) is 6.52. The van der Waals surface area contributed by atoms with Gasteiger partial charge in [0.25, 0.3) is 0 Å². The smallest absolute Gasteiger partial charge is 0.306 e. The van der Waals surface area contributed by atoms with E-state index in [1.54, 1.807) is 0 Å². The molecule has 1 atom stereocenters. The quantitative estimate of drug-likeness (QED) is 0.755. The van der Waals surface area contributed by atoms with Crippen molar-refractivity contribution < 1.29 is 9.53 Å². The molecule has 1 N–H and O–H groups in total. The Morgan fingerprint density at radius 2 is 1.89 bits per heavy atom. The van der Waals surface area contributed by atoms with Crippen LogP contribution in [-0.4, -0.2) is 18.6 Å². The molecule has 1 unspecified atom stereocenters. The first-order valence-corrected chi connectivity index (χ1v) is 6.52. The molecule has 3 nitrogen and oxygen atoms in total. The third kappa shape index (κ3) is 6.40. The second-order valence-electron chi connectivity index (χ2n) is 5.01. The topological polar surface area (TPSA) is 38.3 Å².